The number of nitrogens with two attached hydrogens (primary N) is 2. The maximum absolute atomic E-state index is 12.6. The summed E-state index contributed by atoms with van der Waals surface area (Å²) < 4.78 is 0. The lowest BCUT2D eigenvalue weighted by atomic mass is 10.0. The Bertz CT molecular complexity index is 623. The normalized spacial score (nSPS) is 18.4. The van der Waals surface area contributed by atoms with E-state index in [0.29, 0.717) is 19.4 Å². The third-order valence-corrected chi connectivity index (χ3v) is 4.59. The van der Waals surface area contributed by atoms with Crippen molar-refractivity contribution in [1.29, 1.82) is 0 Å². The lowest BCUT2D eigenvalue weighted by molar-refractivity contribution is -0.144. The van der Waals surface area contributed by atoms with Gasteiger partial charge in [-0.15, -0.1) is 0 Å². The van der Waals surface area contributed by atoms with Gasteiger partial charge in [-0.3, -0.25) is 19.2 Å². The number of rotatable bonds is 10. The molecule has 3 atom stereocenters. The van der Waals surface area contributed by atoms with Gasteiger partial charge in [0.15, 0.2) is 0 Å². The summed E-state index contributed by atoms with van der Waals surface area (Å²) in [6, 6.07) is -3.07. The highest BCUT2D eigenvalue weighted by molar-refractivity contribution is 5.94. The molecule has 11 heteroatoms. The standard InChI is InChI=1S/C17H29N5O6/c1-9(2)14(17(27)28)21-15(25)10(5-6-12(19)23)20-16(26)11-4-3-7-22(11)13(24)8-18/h9-11,14H,3-8,18H2,1-2H3,(H2,19,23)(H,20,26)(H,21,25)(H,27,28). The van der Waals surface area contributed by atoms with Crippen molar-refractivity contribution in [3.05, 3.63) is 0 Å². The van der Waals surface area contributed by atoms with Gasteiger partial charge in [-0.25, -0.2) is 4.79 Å². The van der Waals surface area contributed by atoms with Crippen molar-refractivity contribution in [3.8, 4) is 0 Å². The van der Waals surface area contributed by atoms with Crippen LogP contribution in [0, 0.1) is 5.92 Å². The van der Waals surface area contributed by atoms with Crippen LogP contribution in [0.4, 0.5) is 0 Å². The van der Waals surface area contributed by atoms with Crippen LogP contribution < -0.4 is 22.1 Å². The zero-order valence-corrected chi connectivity index (χ0v) is 16.1. The molecule has 11 nitrogen and oxygen atoms in total. The van der Waals surface area contributed by atoms with Crippen molar-refractivity contribution in [1.82, 2.24) is 15.5 Å². The van der Waals surface area contributed by atoms with E-state index in [1.54, 1.807) is 13.8 Å². The number of carboxylic acid groups (broad SMARTS) is 1. The van der Waals surface area contributed by atoms with Crippen molar-refractivity contribution in [2.45, 2.75) is 57.7 Å². The van der Waals surface area contributed by atoms with Gasteiger partial charge in [-0.1, -0.05) is 13.8 Å². The van der Waals surface area contributed by atoms with Gasteiger partial charge in [0.2, 0.25) is 23.6 Å². The van der Waals surface area contributed by atoms with E-state index in [4.69, 9.17) is 11.5 Å². The zero-order chi connectivity index (χ0) is 21.4. The largest absolute Gasteiger partial charge is 0.480 e. The maximum Gasteiger partial charge on any atom is 0.326 e. The molecule has 0 saturated carbocycles. The van der Waals surface area contributed by atoms with Crippen molar-refractivity contribution in [2.75, 3.05) is 13.1 Å². The molecule has 28 heavy (non-hydrogen) atoms. The van der Waals surface area contributed by atoms with Crippen LogP contribution in [0.2, 0.25) is 0 Å². The third kappa shape index (κ3) is 6.48. The Morgan fingerprint density at radius 3 is 2.32 bits per heavy atom. The number of amides is 4. The van der Waals surface area contributed by atoms with Crippen LogP contribution >= 0.6 is 0 Å². The fourth-order valence-electron chi connectivity index (χ4n) is 3.05. The molecule has 0 radical (unpaired) electrons. The number of carboxylic acids is 1. The second kappa shape index (κ2) is 10.6. The molecule has 1 aliphatic rings. The highest BCUT2D eigenvalue weighted by Crippen LogP contribution is 2.18. The number of likely N-dealkylation sites (tertiary alicyclic amines) is 1. The molecule has 0 bridgehead atoms. The third-order valence-electron chi connectivity index (χ3n) is 4.59. The first kappa shape index (κ1) is 23.3. The molecular weight excluding hydrogens is 370 g/mol. The molecule has 0 aromatic rings. The number of hydrogen-bond donors (Lipinski definition) is 5. The summed E-state index contributed by atoms with van der Waals surface area (Å²) >= 11 is 0. The van der Waals surface area contributed by atoms with Crippen LogP contribution in [0.5, 0.6) is 0 Å². The van der Waals surface area contributed by atoms with Crippen molar-refractivity contribution in [3.63, 3.8) is 0 Å². The van der Waals surface area contributed by atoms with Crippen LogP contribution in [0.25, 0.3) is 0 Å². The lowest BCUT2D eigenvalue weighted by Crippen LogP contribution is -2.56. The van der Waals surface area contributed by atoms with Gasteiger partial charge < -0.3 is 32.1 Å². The van der Waals surface area contributed by atoms with Crippen LogP contribution in [0.3, 0.4) is 0 Å². The van der Waals surface area contributed by atoms with E-state index in [2.05, 4.69) is 10.6 Å². The molecule has 1 aliphatic heterocycles. The number of hydrogen-bond acceptors (Lipinski definition) is 6. The average Bonchev–Trinajstić information content (AvgIpc) is 3.11. The number of carbonyl (C=O) groups is 5. The van der Waals surface area contributed by atoms with E-state index in [1.165, 1.54) is 4.90 Å². The van der Waals surface area contributed by atoms with Crippen LogP contribution in [0.15, 0.2) is 0 Å². The minimum absolute atomic E-state index is 0.0884. The number of primary amides is 1. The lowest BCUT2D eigenvalue weighted by Gasteiger charge is -2.27. The van der Waals surface area contributed by atoms with E-state index >= 15 is 0 Å². The van der Waals surface area contributed by atoms with Crippen molar-refractivity contribution >= 4 is 29.6 Å². The SMILES string of the molecule is CC(C)C(NC(=O)C(CCC(N)=O)NC(=O)C1CCCN1C(=O)CN)C(=O)O. The first-order chi connectivity index (χ1) is 13.1. The zero-order valence-electron chi connectivity index (χ0n) is 16.1. The summed E-state index contributed by atoms with van der Waals surface area (Å²) in [6.07, 6.45) is 0.782. The number of nitrogens with one attached hydrogen (secondary N) is 2. The van der Waals surface area contributed by atoms with E-state index in [0.717, 1.165) is 0 Å². The number of nitrogens with zero attached hydrogens (tertiary/aromatic N) is 1. The molecule has 0 aliphatic carbocycles. The van der Waals surface area contributed by atoms with Gasteiger partial charge in [0, 0.05) is 13.0 Å². The second-order valence-electron chi connectivity index (χ2n) is 7.08. The topological polar surface area (TPSA) is 185 Å². The van der Waals surface area contributed by atoms with Gasteiger partial charge in [0.05, 0.1) is 6.54 Å². The summed E-state index contributed by atoms with van der Waals surface area (Å²) in [7, 11) is 0. The van der Waals surface area contributed by atoms with Gasteiger partial charge in [0.25, 0.3) is 0 Å². The van der Waals surface area contributed by atoms with Crippen molar-refractivity contribution in [2.24, 2.45) is 17.4 Å². The van der Waals surface area contributed by atoms with Crippen LogP contribution in [0.1, 0.15) is 39.5 Å². The highest BCUT2D eigenvalue weighted by Gasteiger charge is 2.36. The Morgan fingerprint density at radius 1 is 1.18 bits per heavy atom. The number of aliphatic carboxylic acids is 1. The van der Waals surface area contributed by atoms with E-state index in [9.17, 15) is 29.1 Å². The smallest absolute Gasteiger partial charge is 0.326 e. The minimum atomic E-state index is -1.21. The Morgan fingerprint density at radius 2 is 1.82 bits per heavy atom. The van der Waals surface area contributed by atoms with E-state index in [1.807, 2.05) is 0 Å². The molecule has 1 fully saturated rings. The molecule has 3 unspecified atom stereocenters. The Balaban J connectivity index is 2.89. The molecule has 0 aromatic carbocycles. The summed E-state index contributed by atoms with van der Waals surface area (Å²) in [5, 5.41) is 14.1. The van der Waals surface area contributed by atoms with Crippen molar-refractivity contribution < 1.29 is 29.1 Å². The molecule has 1 saturated heterocycles. The Hall–Kier alpha value is -2.69. The fraction of sp³-hybridized carbons (Fsp3) is 0.706. The molecule has 1 heterocycles. The number of carbonyl (C=O) groups excluding carboxylic acids is 4. The Labute approximate surface area is 163 Å². The molecule has 158 valence electrons. The first-order valence-corrected chi connectivity index (χ1v) is 9.19. The van der Waals surface area contributed by atoms with Gasteiger partial charge in [-0.2, -0.15) is 0 Å². The highest BCUT2D eigenvalue weighted by atomic mass is 16.4. The predicted molar refractivity (Wildman–Crippen MR) is 98.6 cm³/mol. The summed E-state index contributed by atoms with van der Waals surface area (Å²) in [4.78, 5) is 60.8. The fourth-order valence-corrected chi connectivity index (χ4v) is 3.05. The second-order valence-corrected chi connectivity index (χ2v) is 7.08. The summed E-state index contributed by atoms with van der Waals surface area (Å²) in [6.45, 7) is 3.42. The van der Waals surface area contributed by atoms with Gasteiger partial charge in [0.1, 0.15) is 18.1 Å². The van der Waals surface area contributed by atoms with E-state index in [-0.39, 0.29) is 31.2 Å². The van der Waals surface area contributed by atoms with Crippen LogP contribution in [-0.4, -0.2) is 70.8 Å². The molecule has 0 aromatic heterocycles. The molecular formula is C17H29N5O6. The summed E-state index contributed by atoms with van der Waals surface area (Å²) in [5.41, 5.74) is 10.5. The quantitative estimate of drug-likeness (QED) is 0.279. The molecule has 7 N–H and O–H groups in total. The predicted octanol–water partition coefficient (Wildman–Crippen LogP) is -2.09. The Kier molecular flexibility index (Phi) is 8.83. The summed E-state index contributed by atoms with van der Waals surface area (Å²) in [5.74, 6) is -3.92. The minimum Gasteiger partial charge on any atom is -0.480 e. The van der Waals surface area contributed by atoms with Crippen LogP contribution in [-0.2, 0) is 24.0 Å². The molecule has 1 rings (SSSR count). The maximum atomic E-state index is 12.6. The van der Waals surface area contributed by atoms with E-state index < -0.39 is 41.8 Å². The molecule has 0 spiro atoms. The monoisotopic (exact) mass is 399 g/mol. The molecule has 4 amide bonds. The van der Waals surface area contributed by atoms with Gasteiger partial charge in [-0.05, 0) is 25.2 Å². The average molecular weight is 399 g/mol. The van der Waals surface area contributed by atoms with Gasteiger partial charge >= 0.3 is 5.97 Å². The first-order valence-electron chi connectivity index (χ1n) is 9.19.